The zero-order valence-corrected chi connectivity index (χ0v) is 26.4. The van der Waals surface area contributed by atoms with Gasteiger partial charge in [0.05, 0.1) is 13.2 Å². The van der Waals surface area contributed by atoms with Gasteiger partial charge in [-0.3, -0.25) is 9.69 Å². The summed E-state index contributed by atoms with van der Waals surface area (Å²) < 4.78 is 5.63. The van der Waals surface area contributed by atoms with Crippen molar-refractivity contribution in [2.24, 2.45) is 11.7 Å². The van der Waals surface area contributed by atoms with Crippen molar-refractivity contribution in [3.05, 3.63) is 82.9 Å². The van der Waals surface area contributed by atoms with E-state index in [1.165, 1.54) is 27.1 Å². The second-order valence-electron chi connectivity index (χ2n) is 11.4. The first kappa shape index (κ1) is 30.9. The third kappa shape index (κ3) is 7.50. The van der Waals surface area contributed by atoms with Gasteiger partial charge in [0, 0.05) is 54.8 Å². The largest absolute Gasteiger partial charge is 0.496 e. The maximum atomic E-state index is 13.4. The van der Waals surface area contributed by atoms with Crippen LogP contribution in [0, 0.1) is 5.92 Å². The number of nitrogens with zero attached hydrogens (tertiary/aromatic N) is 3. The Kier molecular flexibility index (Phi) is 10.9. The highest BCUT2D eigenvalue weighted by Gasteiger charge is 2.33. The van der Waals surface area contributed by atoms with Crippen molar-refractivity contribution in [3.63, 3.8) is 0 Å². The van der Waals surface area contributed by atoms with Crippen molar-refractivity contribution in [2.75, 3.05) is 59.2 Å². The number of thioether (sulfide) groups is 1. The van der Waals surface area contributed by atoms with Crippen LogP contribution in [0.4, 0.5) is 0 Å². The van der Waals surface area contributed by atoms with Gasteiger partial charge in [-0.1, -0.05) is 54.1 Å². The van der Waals surface area contributed by atoms with Crippen LogP contribution in [-0.4, -0.2) is 85.8 Å². The Morgan fingerprint density at radius 3 is 2.40 bits per heavy atom. The van der Waals surface area contributed by atoms with Gasteiger partial charge in [-0.15, -0.1) is 11.8 Å². The van der Waals surface area contributed by atoms with Crippen LogP contribution in [0.25, 0.3) is 11.1 Å². The summed E-state index contributed by atoms with van der Waals surface area (Å²) in [5.74, 6) is 1.27. The van der Waals surface area contributed by atoms with Gasteiger partial charge in [-0.2, -0.15) is 0 Å². The number of hydrogen-bond acceptors (Lipinski definition) is 6. The van der Waals surface area contributed by atoms with E-state index >= 15 is 0 Å². The molecular formula is C34H43ClN4O2S. The molecule has 3 aromatic carbocycles. The van der Waals surface area contributed by atoms with E-state index in [9.17, 15) is 4.79 Å². The van der Waals surface area contributed by atoms with Gasteiger partial charge >= 0.3 is 0 Å². The maximum Gasteiger partial charge on any atom is 0.239 e. The molecule has 2 fully saturated rings. The van der Waals surface area contributed by atoms with Crippen LogP contribution in [-0.2, 0) is 17.8 Å². The molecule has 0 bridgehead atoms. The average molecular weight is 607 g/mol. The highest BCUT2D eigenvalue weighted by Crippen LogP contribution is 2.31. The molecule has 1 atom stereocenters. The number of piperazine rings is 1. The number of benzene rings is 3. The number of piperidine rings is 1. The lowest BCUT2D eigenvalue weighted by Crippen LogP contribution is -2.55. The average Bonchev–Trinajstić information content (AvgIpc) is 3.04. The Morgan fingerprint density at radius 2 is 1.71 bits per heavy atom. The fourth-order valence-corrected chi connectivity index (χ4v) is 7.15. The summed E-state index contributed by atoms with van der Waals surface area (Å²) in [4.78, 5) is 21.5. The molecule has 0 aromatic heterocycles. The van der Waals surface area contributed by atoms with E-state index in [2.05, 4.69) is 58.5 Å². The molecule has 6 nitrogen and oxygen atoms in total. The Morgan fingerprint density at radius 1 is 0.976 bits per heavy atom. The summed E-state index contributed by atoms with van der Waals surface area (Å²) in [5.41, 5.74) is 11.6. The van der Waals surface area contributed by atoms with Gasteiger partial charge in [-0.25, -0.2) is 0 Å². The van der Waals surface area contributed by atoms with Gasteiger partial charge < -0.3 is 20.3 Å². The second-order valence-corrected chi connectivity index (χ2v) is 12.6. The van der Waals surface area contributed by atoms with E-state index in [0.29, 0.717) is 0 Å². The lowest BCUT2D eigenvalue weighted by atomic mass is 9.88. The molecule has 2 N–H and O–H groups in total. The molecule has 0 aliphatic carbocycles. The standard InChI is InChI=1S/C34H43ClN4O2S/c1-41-31-9-6-10-32(42-2)30(31)24-38-19-21-39(22-20-38)34(40)33(36)26-13-16-37(17-14-26)18-15-27-23-28(35)11-12-29(27)25-7-4-3-5-8-25/h3-12,23,26,33H,13-22,24,36H2,1-2H3/t33-/m1/s1. The highest BCUT2D eigenvalue weighted by atomic mass is 35.5. The normalized spacial score (nSPS) is 17.8. The molecule has 0 radical (unpaired) electrons. The van der Waals surface area contributed by atoms with E-state index in [1.807, 2.05) is 29.2 Å². The molecule has 1 amide bonds. The van der Waals surface area contributed by atoms with Crippen molar-refractivity contribution < 1.29 is 9.53 Å². The predicted octanol–water partition coefficient (Wildman–Crippen LogP) is 5.66. The third-order valence-corrected chi connectivity index (χ3v) is 9.93. The van der Waals surface area contributed by atoms with Crippen LogP contribution in [0.5, 0.6) is 5.75 Å². The van der Waals surface area contributed by atoms with E-state index in [-0.39, 0.29) is 11.8 Å². The fourth-order valence-electron chi connectivity index (χ4n) is 6.33. The van der Waals surface area contributed by atoms with Crippen molar-refractivity contribution in [3.8, 4) is 16.9 Å². The van der Waals surface area contributed by atoms with Gasteiger partial charge in [0.1, 0.15) is 5.75 Å². The number of hydrogen-bond donors (Lipinski definition) is 1. The molecule has 0 unspecified atom stereocenters. The minimum atomic E-state index is -0.423. The van der Waals surface area contributed by atoms with E-state index in [0.717, 1.165) is 82.4 Å². The highest BCUT2D eigenvalue weighted by molar-refractivity contribution is 7.98. The SMILES string of the molecule is COc1cccc(SC)c1CN1CCN(C(=O)[C@H](N)C2CCN(CCc3cc(Cl)ccc3-c3ccccc3)CC2)CC1. The molecule has 2 heterocycles. The zero-order valence-electron chi connectivity index (χ0n) is 24.8. The summed E-state index contributed by atoms with van der Waals surface area (Å²) in [5, 5.41) is 0.776. The van der Waals surface area contributed by atoms with E-state index < -0.39 is 6.04 Å². The fraction of sp³-hybridized carbons (Fsp3) is 0.441. The van der Waals surface area contributed by atoms with Gasteiger partial charge in [-0.05, 0) is 85.5 Å². The Balaban J connectivity index is 1.09. The number of rotatable bonds is 10. The topological polar surface area (TPSA) is 62.0 Å². The third-order valence-electron chi connectivity index (χ3n) is 8.87. The van der Waals surface area contributed by atoms with E-state index in [1.54, 1.807) is 18.9 Å². The van der Waals surface area contributed by atoms with Gasteiger partial charge in [0.25, 0.3) is 0 Å². The summed E-state index contributed by atoms with van der Waals surface area (Å²) in [6.45, 7) is 6.87. The number of carbonyl (C=O) groups excluding carboxylic acids is 1. The first-order valence-corrected chi connectivity index (χ1v) is 16.6. The number of amides is 1. The summed E-state index contributed by atoms with van der Waals surface area (Å²) in [7, 11) is 1.73. The molecule has 8 heteroatoms. The molecule has 0 spiro atoms. The molecule has 3 aromatic rings. The minimum Gasteiger partial charge on any atom is -0.496 e. The summed E-state index contributed by atoms with van der Waals surface area (Å²) in [6.07, 6.45) is 4.96. The summed E-state index contributed by atoms with van der Waals surface area (Å²) in [6, 6.07) is 22.5. The van der Waals surface area contributed by atoms with Crippen LogP contribution in [0.1, 0.15) is 24.0 Å². The van der Waals surface area contributed by atoms with Crippen LogP contribution >= 0.6 is 23.4 Å². The second kappa shape index (κ2) is 14.8. The van der Waals surface area contributed by atoms with Crippen LogP contribution in [0.2, 0.25) is 5.02 Å². The van der Waals surface area contributed by atoms with Gasteiger partial charge in [0.15, 0.2) is 0 Å². The molecule has 2 aliphatic rings. The Hall–Kier alpha value is -2.55. The Labute approximate surface area is 260 Å². The van der Waals surface area contributed by atoms with Crippen molar-refractivity contribution in [2.45, 2.75) is 36.7 Å². The number of methoxy groups -OCH3 is 1. The van der Waals surface area contributed by atoms with Crippen LogP contribution in [0.15, 0.2) is 71.6 Å². The van der Waals surface area contributed by atoms with Crippen molar-refractivity contribution in [1.29, 1.82) is 0 Å². The molecule has 5 rings (SSSR count). The Bertz CT molecular complexity index is 1300. The van der Waals surface area contributed by atoms with Crippen molar-refractivity contribution >= 4 is 29.3 Å². The van der Waals surface area contributed by atoms with Crippen molar-refractivity contribution in [1.82, 2.24) is 14.7 Å². The number of ether oxygens (including phenoxy) is 1. The monoisotopic (exact) mass is 606 g/mol. The first-order chi connectivity index (χ1) is 20.5. The van der Waals surface area contributed by atoms with E-state index in [4.69, 9.17) is 22.1 Å². The quantitative estimate of drug-likeness (QED) is 0.300. The first-order valence-electron chi connectivity index (χ1n) is 15.0. The molecule has 42 heavy (non-hydrogen) atoms. The lowest BCUT2D eigenvalue weighted by Gasteiger charge is -2.39. The minimum absolute atomic E-state index is 0.113. The number of likely N-dealkylation sites (tertiary alicyclic amines) is 1. The van der Waals surface area contributed by atoms with Crippen LogP contribution < -0.4 is 10.5 Å². The zero-order chi connectivity index (χ0) is 29.5. The molecule has 224 valence electrons. The maximum absolute atomic E-state index is 13.4. The molecule has 0 saturated carbocycles. The molecule has 2 aliphatic heterocycles. The summed E-state index contributed by atoms with van der Waals surface area (Å²) >= 11 is 8.11. The van der Waals surface area contributed by atoms with Crippen LogP contribution in [0.3, 0.4) is 0 Å². The molecule has 2 saturated heterocycles. The smallest absolute Gasteiger partial charge is 0.239 e. The number of halogens is 1. The number of carbonyl (C=O) groups is 1. The lowest BCUT2D eigenvalue weighted by molar-refractivity contribution is -0.136. The van der Waals surface area contributed by atoms with Gasteiger partial charge in [0.2, 0.25) is 5.91 Å². The molecular weight excluding hydrogens is 564 g/mol. The predicted molar refractivity (Wildman–Crippen MR) is 174 cm³/mol. The number of nitrogens with two attached hydrogens (primary N) is 1.